The average molecular weight is 355 g/mol. The van der Waals surface area contributed by atoms with Crippen LogP contribution in [0, 0.1) is 5.92 Å². The van der Waals surface area contributed by atoms with Crippen molar-refractivity contribution in [2.24, 2.45) is 5.92 Å². The molecule has 0 unspecified atom stereocenters. The number of benzene rings is 1. The second-order valence-corrected chi connectivity index (χ2v) is 7.13. The van der Waals surface area contributed by atoms with Crippen molar-refractivity contribution >= 4 is 21.6 Å². The van der Waals surface area contributed by atoms with E-state index in [0.29, 0.717) is 5.92 Å². The molecule has 1 aromatic rings. The van der Waals surface area contributed by atoms with Crippen molar-refractivity contribution < 1.29 is 4.74 Å². The Kier molecular flexibility index (Phi) is 6.52. The van der Waals surface area contributed by atoms with Gasteiger partial charge in [0.15, 0.2) is 0 Å². The molecule has 1 saturated carbocycles. The molecule has 0 heterocycles. The second-order valence-electron chi connectivity index (χ2n) is 6.27. The molecule has 1 N–H and O–H groups in total. The number of rotatable bonds is 9. The van der Waals surface area contributed by atoms with Crippen molar-refractivity contribution in [2.45, 2.75) is 39.3 Å². The van der Waals surface area contributed by atoms with Crippen LogP contribution in [0.3, 0.4) is 0 Å². The van der Waals surface area contributed by atoms with Gasteiger partial charge >= 0.3 is 0 Å². The van der Waals surface area contributed by atoms with Gasteiger partial charge in [0.25, 0.3) is 0 Å². The van der Waals surface area contributed by atoms with Crippen LogP contribution in [-0.2, 0) is 11.3 Å². The van der Waals surface area contributed by atoms with Crippen LogP contribution < -0.4 is 10.2 Å². The Balaban J connectivity index is 2.03. The molecule has 0 atom stereocenters. The fourth-order valence-electron chi connectivity index (χ4n) is 2.42. The van der Waals surface area contributed by atoms with E-state index >= 15 is 0 Å². The maximum absolute atomic E-state index is 5.24. The summed E-state index contributed by atoms with van der Waals surface area (Å²) in [4.78, 5) is 2.40. The summed E-state index contributed by atoms with van der Waals surface area (Å²) in [5, 5.41) is 3.56. The first-order valence-corrected chi connectivity index (χ1v) is 8.65. The molecule has 0 aromatic heterocycles. The van der Waals surface area contributed by atoms with Gasteiger partial charge < -0.3 is 15.0 Å². The summed E-state index contributed by atoms with van der Waals surface area (Å²) in [6, 6.07) is 7.45. The van der Waals surface area contributed by atoms with Crippen LogP contribution in [0.2, 0.25) is 0 Å². The molecule has 0 saturated heterocycles. The Hall–Kier alpha value is -0.580. The molecule has 2 rings (SSSR count). The van der Waals surface area contributed by atoms with E-state index < -0.39 is 0 Å². The quantitative estimate of drug-likeness (QED) is 0.729. The lowest BCUT2D eigenvalue weighted by Gasteiger charge is -2.27. The van der Waals surface area contributed by atoms with Gasteiger partial charge in [-0.2, -0.15) is 0 Å². The summed E-state index contributed by atoms with van der Waals surface area (Å²) in [6.07, 6.45) is 2.66. The zero-order valence-electron chi connectivity index (χ0n) is 13.4. The summed E-state index contributed by atoms with van der Waals surface area (Å²) in [5.74, 6) is 0.630. The van der Waals surface area contributed by atoms with Crippen LogP contribution in [0.15, 0.2) is 22.7 Å². The van der Waals surface area contributed by atoms with Crippen LogP contribution in [0.5, 0.6) is 0 Å². The highest BCUT2D eigenvalue weighted by Crippen LogP contribution is 2.28. The van der Waals surface area contributed by atoms with Crippen LogP contribution in [-0.4, -0.2) is 32.8 Å². The average Bonchev–Trinajstić information content (AvgIpc) is 3.25. The van der Waals surface area contributed by atoms with E-state index in [-0.39, 0.29) is 0 Å². The predicted octanol–water partition coefficient (Wildman–Crippen LogP) is 3.81. The molecule has 1 fully saturated rings. The zero-order valence-corrected chi connectivity index (χ0v) is 14.9. The monoisotopic (exact) mass is 354 g/mol. The van der Waals surface area contributed by atoms with E-state index in [1.165, 1.54) is 28.6 Å². The third-order valence-electron chi connectivity index (χ3n) is 3.68. The van der Waals surface area contributed by atoms with Gasteiger partial charge in [-0.1, -0.05) is 19.9 Å². The molecule has 0 aliphatic heterocycles. The SMILES string of the molecule is COCCN(CC(C)C)c1ccc(CNC2CC2)cc1Br. The minimum absolute atomic E-state index is 0.630. The van der Waals surface area contributed by atoms with Crippen molar-refractivity contribution in [1.29, 1.82) is 0 Å². The van der Waals surface area contributed by atoms with Gasteiger partial charge in [-0.3, -0.25) is 0 Å². The summed E-state index contributed by atoms with van der Waals surface area (Å²) in [6.45, 7) is 8.19. The number of halogens is 1. The van der Waals surface area contributed by atoms with E-state index in [4.69, 9.17) is 4.74 Å². The molecular weight excluding hydrogens is 328 g/mol. The Bertz CT molecular complexity index is 446. The highest BCUT2D eigenvalue weighted by Gasteiger charge is 2.20. The molecular formula is C17H27BrN2O. The van der Waals surface area contributed by atoms with E-state index in [9.17, 15) is 0 Å². The smallest absolute Gasteiger partial charge is 0.0637 e. The second kappa shape index (κ2) is 8.16. The minimum atomic E-state index is 0.630. The molecule has 21 heavy (non-hydrogen) atoms. The summed E-state index contributed by atoms with van der Waals surface area (Å²) < 4.78 is 6.42. The lowest BCUT2D eigenvalue weighted by atomic mass is 10.1. The van der Waals surface area contributed by atoms with E-state index in [2.05, 4.69) is 58.2 Å². The standard InChI is InChI=1S/C17H27BrN2O/c1-13(2)12-20(8-9-21-3)17-7-4-14(10-16(17)18)11-19-15-5-6-15/h4,7,10,13,15,19H,5-6,8-9,11-12H2,1-3H3. The van der Waals surface area contributed by atoms with Gasteiger partial charge in [-0.25, -0.2) is 0 Å². The highest BCUT2D eigenvalue weighted by atomic mass is 79.9. The van der Waals surface area contributed by atoms with Crippen molar-refractivity contribution in [3.05, 3.63) is 28.2 Å². The van der Waals surface area contributed by atoms with E-state index in [1.54, 1.807) is 7.11 Å². The van der Waals surface area contributed by atoms with Crippen molar-refractivity contribution in [3.8, 4) is 0 Å². The van der Waals surface area contributed by atoms with Gasteiger partial charge in [0.2, 0.25) is 0 Å². The summed E-state index contributed by atoms with van der Waals surface area (Å²) in [7, 11) is 1.76. The van der Waals surface area contributed by atoms with Crippen molar-refractivity contribution in [1.82, 2.24) is 5.32 Å². The minimum Gasteiger partial charge on any atom is -0.383 e. The predicted molar refractivity (Wildman–Crippen MR) is 92.9 cm³/mol. The number of nitrogens with one attached hydrogen (secondary N) is 1. The molecule has 3 nitrogen and oxygen atoms in total. The third kappa shape index (κ3) is 5.61. The fourth-order valence-corrected chi connectivity index (χ4v) is 3.10. The Labute approximate surface area is 137 Å². The molecule has 1 aliphatic rings. The lowest BCUT2D eigenvalue weighted by Crippen LogP contribution is -2.31. The normalized spacial score (nSPS) is 14.7. The van der Waals surface area contributed by atoms with E-state index in [0.717, 1.165) is 32.3 Å². The van der Waals surface area contributed by atoms with Gasteiger partial charge in [0, 0.05) is 37.3 Å². The lowest BCUT2D eigenvalue weighted by molar-refractivity contribution is 0.204. The number of hydrogen-bond acceptors (Lipinski definition) is 3. The number of nitrogens with zero attached hydrogens (tertiary/aromatic N) is 1. The molecule has 0 spiro atoms. The van der Waals surface area contributed by atoms with Crippen LogP contribution >= 0.6 is 15.9 Å². The summed E-state index contributed by atoms with van der Waals surface area (Å²) in [5.41, 5.74) is 2.60. The maximum Gasteiger partial charge on any atom is 0.0637 e. The van der Waals surface area contributed by atoms with Gasteiger partial charge in [-0.15, -0.1) is 0 Å². The largest absolute Gasteiger partial charge is 0.383 e. The Morgan fingerprint density at radius 3 is 2.71 bits per heavy atom. The molecule has 0 amide bonds. The van der Waals surface area contributed by atoms with Crippen LogP contribution in [0.1, 0.15) is 32.3 Å². The van der Waals surface area contributed by atoms with Crippen molar-refractivity contribution in [3.63, 3.8) is 0 Å². The highest BCUT2D eigenvalue weighted by molar-refractivity contribution is 9.10. The molecule has 4 heteroatoms. The molecule has 1 aliphatic carbocycles. The molecule has 0 radical (unpaired) electrons. The molecule has 0 bridgehead atoms. The fraction of sp³-hybridized carbons (Fsp3) is 0.647. The zero-order chi connectivity index (χ0) is 15.2. The first-order chi connectivity index (χ1) is 10.1. The first kappa shape index (κ1) is 16.8. The number of hydrogen-bond donors (Lipinski definition) is 1. The van der Waals surface area contributed by atoms with Gasteiger partial charge in [-0.05, 0) is 52.4 Å². The molecule has 1 aromatic carbocycles. The third-order valence-corrected chi connectivity index (χ3v) is 4.31. The van der Waals surface area contributed by atoms with Crippen LogP contribution in [0.25, 0.3) is 0 Å². The molecule has 118 valence electrons. The van der Waals surface area contributed by atoms with E-state index in [1.807, 2.05) is 0 Å². The van der Waals surface area contributed by atoms with Crippen LogP contribution in [0.4, 0.5) is 5.69 Å². The maximum atomic E-state index is 5.24. The Morgan fingerprint density at radius 1 is 1.38 bits per heavy atom. The van der Waals surface area contributed by atoms with Crippen molar-refractivity contribution in [2.75, 3.05) is 31.7 Å². The van der Waals surface area contributed by atoms with Gasteiger partial charge in [0.1, 0.15) is 0 Å². The van der Waals surface area contributed by atoms with Gasteiger partial charge in [0.05, 0.1) is 12.3 Å². The number of anilines is 1. The number of ether oxygens (including phenoxy) is 1. The number of methoxy groups -OCH3 is 1. The summed E-state index contributed by atoms with van der Waals surface area (Å²) >= 11 is 3.74. The first-order valence-electron chi connectivity index (χ1n) is 7.86. The Morgan fingerprint density at radius 2 is 2.14 bits per heavy atom. The topological polar surface area (TPSA) is 24.5 Å².